The van der Waals surface area contributed by atoms with Gasteiger partial charge in [-0.05, 0) is 61.2 Å². The minimum atomic E-state index is -3.97. The van der Waals surface area contributed by atoms with Crippen LogP contribution < -0.4 is 4.72 Å². The molecule has 0 saturated carbocycles. The van der Waals surface area contributed by atoms with Crippen LogP contribution in [0.15, 0.2) is 52.3 Å². The van der Waals surface area contributed by atoms with E-state index in [0.29, 0.717) is 19.0 Å². The van der Waals surface area contributed by atoms with Crippen LogP contribution in [0.2, 0.25) is 10.0 Å². The van der Waals surface area contributed by atoms with Crippen molar-refractivity contribution in [3.8, 4) is 0 Å². The maximum absolute atomic E-state index is 12.8. The van der Waals surface area contributed by atoms with Crippen LogP contribution in [0.4, 0.5) is 5.69 Å². The molecule has 1 aliphatic rings. The van der Waals surface area contributed by atoms with E-state index < -0.39 is 20.0 Å². The molecule has 0 radical (unpaired) electrons. The first kappa shape index (κ1) is 21.4. The first-order valence-electron chi connectivity index (χ1n) is 8.68. The number of sulfonamides is 2. The number of anilines is 1. The third-order valence-electron chi connectivity index (χ3n) is 4.55. The number of halogens is 2. The molecule has 1 saturated heterocycles. The van der Waals surface area contributed by atoms with Crippen LogP contribution in [0.1, 0.15) is 19.8 Å². The van der Waals surface area contributed by atoms with Gasteiger partial charge in [-0.1, -0.05) is 30.1 Å². The molecule has 1 unspecified atom stereocenters. The Kier molecular flexibility index (Phi) is 6.26. The highest BCUT2D eigenvalue weighted by molar-refractivity contribution is 7.92. The van der Waals surface area contributed by atoms with Gasteiger partial charge in [0.2, 0.25) is 10.0 Å². The van der Waals surface area contributed by atoms with E-state index in [0.717, 1.165) is 12.8 Å². The zero-order chi connectivity index (χ0) is 20.5. The van der Waals surface area contributed by atoms with Crippen LogP contribution >= 0.6 is 23.2 Å². The van der Waals surface area contributed by atoms with Crippen molar-refractivity contribution in [3.63, 3.8) is 0 Å². The van der Waals surface area contributed by atoms with Crippen molar-refractivity contribution in [3.05, 3.63) is 52.5 Å². The van der Waals surface area contributed by atoms with Gasteiger partial charge in [0, 0.05) is 23.8 Å². The number of rotatable bonds is 5. The third-order valence-corrected chi connectivity index (χ3v) is 8.52. The maximum Gasteiger partial charge on any atom is 0.263 e. The Balaban J connectivity index is 1.82. The summed E-state index contributed by atoms with van der Waals surface area (Å²) in [6.45, 7) is 3.01. The average Bonchev–Trinajstić information content (AvgIpc) is 2.64. The highest BCUT2D eigenvalue weighted by Gasteiger charge is 2.28. The summed E-state index contributed by atoms with van der Waals surface area (Å²) >= 11 is 11.8. The fourth-order valence-electron chi connectivity index (χ4n) is 3.10. The van der Waals surface area contributed by atoms with Crippen LogP contribution in [0.25, 0.3) is 0 Å². The van der Waals surface area contributed by atoms with E-state index in [-0.39, 0.29) is 25.5 Å². The van der Waals surface area contributed by atoms with Crippen molar-refractivity contribution in [2.24, 2.45) is 5.92 Å². The number of nitrogens with zero attached hydrogens (tertiary/aromatic N) is 1. The molecular formula is C18H20Cl2N2O4S2. The van der Waals surface area contributed by atoms with E-state index in [4.69, 9.17) is 23.2 Å². The Labute approximate surface area is 175 Å². The summed E-state index contributed by atoms with van der Waals surface area (Å²) in [6.07, 6.45) is 1.84. The monoisotopic (exact) mass is 462 g/mol. The molecule has 0 bridgehead atoms. The Bertz CT molecular complexity index is 1070. The van der Waals surface area contributed by atoms with Gasteiger partial charge < -0.3 is 0 Å². The molecular weight excluding hydrogens is 443 g/mol. The molecule has 28 heavy (non-hydrogen) atoms. The molecule has 1 atom stereocenters. The van der Waals surface area contributed by atoms with Gasteiger partial charge in [0.1, 0.15) is 4.90 Å². The lowest BCUT2D eigenvalue weighted by Crippen LogP contribution is -2.39. The molecule has 0 amide bonds. The standard InChI is InChI=1S/C18H20Cl2N2O4S2/c1-13-3-2-10-22(12-13)28(25,26)16-7-5-15(6-8-16)21-27(23,24)18-11-14(19)4-9-17(18)20/h4-9,11,13,21H,2-3,10,12H2,1H3. The fourth-order valence-corrected chi connectivity index (χ4v) is 6.52. The zero-order valence-electron chi connectivity index (χ0n) is 15.1. The lowest BCUT2D eigenvalue weighted by molar-refractivity contribution is 0.281. The molecule has 1 heterocycles. The van der Waals surface area contributed by atoms with Crippen LogP contribution in [0.3, 0.4) is 0 Å². The number of piperidine rings is 1. The van der Waals surface area contributed by atoms with Gasteiger partial charge in [-0.25, -0.2) is 16.8 Å². The third kappa shape index (κ3) is 4.63. The van der Waals surface area contributed by atoms with E-state index in [1.54, 1.807) is 0 Å². The molecule has 1 N–H and O–H groups in total. The second-order valence-electron chi connectivity index (χ2n) is 6.82. The molecule has 1 aliphatic heterocycles. The zero-order valence-corrected chi connectivity index (χ0v) is 18.2. The second-order valence-corrected chi connectivity index (χ2v) is 11.2. The number of benzene rings is 2. The highest BCUT2D eigenvalue weighted by Crippen LogP contribution is 2.28. The summed E-state index contributed by atoms with van der Waals surface area (Å²) in [6, 6.07) is 9.75. The molecule has 6 nitrogen and oxygen atoms in total. The summed E-state index contributed by atoms with van der Waals surface area (Å²) in [5.74, 6) is 0.317. The van der Waals surface area contributed by atoms with Gasteiger partial charge >= 0.3 is 0 Å². The Morgan fingerprint density at radius 1 is 1.04 bits per heavy atom. The van der Waals surface area contributed by atoms with E-state index >= 15 is 0 Å². The van der Waals surface area contributed by atoms with Gasteiger partial charge in [0.15, 0.2) is 0 Å². The Hall–Kier alpha value is -1.32. The van der Waals surface area contributed by atoms with E-state index in [9.17, 15) is 16.8 Å². The van der Waals surface area contributed by atoms with E-state index in [1.807, 2.05) is 6.92 Å². The van der Waals surface area contributed by atoms with Gasteiger partial charge in [-0.3, -0.25) is 4.72 Å². The predicted octanol–water partition coefficient (Wildman–Crippen LogP) is 4.21. The first-order chi connectivity index (χ1) is 13.1. The van der Waals surface area contributed by atoms with Crippen LogP contribution in [0.5, 0.6) is 0 Å². The summed E-state index contributed by atoms with van der Waals surface area (Å²) in [7, 11) is -7.57. The van der Waals surface area contributed by atoms with Crippen molar-refractivity contribution in [1.82, 2.24) is 4.31 Å². The maximum atomic E-state index is 12.8. The van der Waals surface area contributed by atoms with Gasteiger partial charge in [-0.15, -0.1) is 0 Å². The minimum Gasteiger partial charge on any atom is -0.280 e. The lowest BCUT2D eigenvalue weighted by atomic mass is 10.0. The first-order valence-corrected chi connectivity index (χ1v) is 12.4. The number of hydrogen-bond donors (Lipinski definition) is 1. The topological polar surface area (TPSA) is 83.6 Å². The largest absolute Gasteiger partial charge is 0.280 e. The normalized spacial score (nSPS) is 18.8. The van der Waals surface area contributed by atoms with Crippen LogP contribution in [0, 0.1) is 5.92 Å². The molecule has 2 aromatic carbocycles. The summed E-state index contributed by atoms with van der Waals surface area (Å²) < 4.78 is 54.6. The second kappa shape index (κ2) is 8.20. The minimum absolute atomic E-state index is 0.0373. The molecule has 1 fully saturated rings. The Morgan fingerprint density at radius 3 is 2.36 bits per heavy atom. The van der Waals surface area contributed by atoms with Gasteiger partial charge in [-0.2, -0.15) is 4.31 Å². The molecule has 2 aromatic rings. The molecule has 10 heteroatoms. The van der Waals surface area contributed by atoms with E-state index in [1.165, 1.54) is 46.8 Å². The quantitative estimate of drug-likeness (QED) is 0.720. The fraction of sp³-hybridized carbons (Fsp3) is 0.333. The lowest BCUT2D eigenvalue weighted by Gasteiger charge is -2.30. The molecule has 0 spiro atoms. The van der Waals surface area contributed by atoms with Crippen LogP contribution in [-0.2, 0) is 20.0 Å². The van der Waals surface area contributed by atoms with E-state index in [2.05, 4.69) is 4.72 Å². The Morgan fingerprint density at radius 2 is 1.71 bits per heavy atom. The summed E-state index contributed by atoms with van der Waals surface area (Å²) in [5, 5.41) is 0.275. The number of nitrogens with one attached hydrogen (secondary N) is 1. The summed E-state index contributed by atoms with van der Waals surface area (Å²) in [4.78, 5) is -0.0222. The SMILES string of the molecule is CC1CCCN(S(=O)(=O)c2ccc(NS(=O)(=O)c3cc(Cl)ccc3Cl)cc2)C1. The average molecular weight is 463 g/mol. The van der Waals surface area contributed by atoms with Crippen molar-refractivity contribution < 1.29 is 16.8 Å². The predicted molar refractivity (Wildman–Crippen MR) is 111 cm³/mol. The smallest absolute Gasteiger partial charge is 0.263 e. The van der Waals surface area contributed by atoms with Crippen molar-refractivity contribution in [2.45, 2.75) is 29.6 Å². The highest BCUT2D eigenvalue weighted by atomic mass is 35.5. The number of hydrogen-bond acceptors (Lipinski definition) is 4. The van der Waals surface area contributed by atoms with Crippen LogP contribution in [-0.4, -0.2) is 34.2 Å². The van der Waals surface area contributed by atoms with Gasteiger partial charge in [0.25, 0.3) is 10.0 Å². The molecule has 152 valence electrons. The van der Waals surface area contributed by atoms with Gasteiger partial charge in [0.05, 0.1) is 9.92 Å². The molecule has 0 aliphatic carbocycles. The van der Waals surface area contributed by atoms with Crippen molar-refractivity contribution >= 4 is 48.9 Å². The summed E-state index contributed by atoms with van der Waals surface area (Å²) in [5.41, 5.74) is 0.224. The molecule has 3 rings (SSSR count). The van der Waals surface area contributed by atoms with Crippen molar-refractivity contribution in [1.29, 1.82) is 0 Å². The van der Waals surface area contributed by atoms with Crippen molar-refractivity contribution in [2.75, 3.05) is 17.8 Å². The molecule has 0 aromatic heterocycles.